The number of aliphatic hydroxyl groups is 5. The lowest BCUT2D eigenvalue weighted by atomic mass is 9.70. The summed E-state index contributed by atoms with van der Waals surface area (Å²) >= 11 is 6.91. The second-order valence-corrected chi connectivity index (χ2v) is 34.8. The Morgan fingerprint density at radius 1 is 0.369 bits per heavy atom. The van der Waals surface area contributed by atoms with Gasteiger partial charge in [0.15, 0.2) is 63.1 Å². The Morgan fingerprint density at radius 2 is 0.615 bits per heavy atom. The summed E-state index contributed by atoms with van der Waals surface area (Å²) in [7, 11) is 5.91. The summed E-state index contributed by atoms with van der Waals surface area (Å²) in [5.74, 6) is -2.41. The molecular weight excluding hydrogens is 1800 g/mol. The van der Waals surface area contributed by atoms with E-state index in [0.717, 1.165) is 31.2 Å². The molecule has 4 aromatic heterocycles. The molecule has 9 N–H and O–H groups in total. The number of aliphatic carboxylic acids is 1. The minimum Gasteiger partial charge on any atom is -0.495 e. The maximum atomic E-state index is 12.6. The summed E-state index contributed by atoms with van der Waals surface area (Å²) in [4.78, 5) is 66.4. The van der Waals surface area contributed by atoms with Crippen molar-refractivity contribution < 1.29 is 102 Å². The summed E-state index contributed by atoms with van der Waals surface area (Å²) in [6.07, 6.45) is 5.75. The van der Waals surface area contributed by atoms with Gasteiger partial charge in [0.25, 0.3) is 0 Å². The SMILES string of the molecule is COc1cncc2c1[C@]1(O)[C@@H]3OC(=O)N[C@@H]3[C@@H](c3ccccc3)[C@]1(c1ccc(Br)cc1)O2.COc1cncc2c1[C@]1(O)[C@@H]3OC(=O)N[C@@H]3[C@@H](c3ccccc3)[C@]1(c1ccc(C#N)cc1)O2.COc1cncc2c1[C@]1(O)[C@@H]3OC(=O)N[C@@H]3[C@@H](c3ccccc3)[C@]1(c1ccc(C#N)cc1)O2.COc1cncc2c1[C@]1(O)[C@H](O)[C@H](C(=O)O)[C@@H](c3ccccc3)[C@]1(c1ccc(Br)cc1)O2. The molecule has 7 aliphatic heterocycles. The number of rotatable bonds is 13. The second kappa shape index (κ2) is 31.3. The summed E-state index contributed by atoms with van der Waals surface area (Å²) < 4.78 is 67.4. The van der Waals surface area contributed by atoms with Gasteiger partial charge in [-0.2, -0.15) is 10.5 Å². The van der Waals surface area contributed by atoms with E-state index in [1.807, 2.05) is 121 Å². The molecule has 130 heavy (non-hydrogen) atoms. The van der Waals surface area contributed by atoms with E-state index in [1.165, 1.54) is 71.8 Å². The molecule has 0 bridgehead atoms. The Morgan fingerprint density at radius 3 is 0.869 bits per heavy atom. The zero-order valence-electron chi connectivity index (χ0n) is 69.1. The van der Waals surface area contributed by atoms with Crippen LogP contribution in [-0.2, 0) is 63.8 Å². The van der Waals surface area contributed by atoms with Gasteiger partial charge < -0.3 is 98.7 Å². The number of aliphatic hydroxyl groups excluding tert-OH is 1. The predicted octanol–water partition coefficient (Wildman–Crippen LogP) is 12.2. The normalized spacial score (nSPS) is 30.9. The van der Waals surface area contributed by atoms with E-state index in [2.05, 4.69) is 79.9 Å². The molecule has 654 valence electrons. The van der Waals surface area contributed by atoms with Crippen LogP contribution in [0.4, 0.5) is 14.4 Å². The number of hydrogen-bond acceptors (Lipinski definition) is 26. The average Bonchev–Trinajstić information content (AvgIpc) is 1.55. The van der Waals surface area contributed by atoms with Gasteiger partial charge in [-0.1, -0.05) is 202 Å². The molecule has 0 spiro atoms. The first-order valence-corrected chi connectivity index (χ1v) is 42.8. The zero-order valence-corrected chi connectivity index (χ0v) is 72.2. The Balaban J connectivity index is 0.000000108. The molecule has 4 saturated carbocycles. The number of ether oxygens (including phenoxy) is 11. The molecule has 3 amide bonds. The molecule has 0 unspecified atom stereocenters. The first kappa shape index (κ1) is 84.0. The van der Waals surface area contributed by atoms with Crippen molar-refractivity contribution in [3.05, 3.63) is 355 Å². The molecule has 7 fully saturated rings. The number of methoxy groups -OCH3 is 4. The Bertz CT molecular complexity index is 6400. The van der Waals surface area contributed by atoms with Crippen molar-refractivity contribution in [2.24, 2.45) is 5.92 Å². The number of halogens is 2. The lowest BCUT2D eigenvalue weighted by molar-refractivity contribution is -0.159. The van der Waals surface area contributed by atoms with Crippen LogP contribution in [-0.4, -0.2) is 146 Å². The van der Waals surface area contributed by atoms with Crippen molar-refractivity contribution in [1.82, 2.24) is 35.9 Å². The summed E-state index contributed by atoms with van der Waals surface area (Å²) in [5, 5.41) is 99.2. The van der Waals surface area contributed by atoms with E-state index in [4.69, 9.17) is 52.1 Å². The van der Waals surface area contributed by atoms with Crippen molar-refractivity contribution >= 4 is 56.1 Å². The first-order valence-electron chi connectivity index (χ1n) is 41.3. The highest BCUT2D eigenvalue weighted by Crippen LogP contribution is 2.75. The highest BCUT2D eigenvalue weighted by molar-refractivity contribution is 9.10. The molecule has 4 aliphatic carbocycles. The molecule has 0 radical (unpaired) electrons. The van der Waals surface area contributed by atoms with E-state index in [9.17, 15) is 60.3 Å². The van der Waals surface area contributed by atoms with Gasteiger partial charge in [-0.25, -0.2) is 14.4 Å². The van der Waals surface area contributed by atoms with E-state index in [-0.39, 0.29) is 17.1 Å². The fraction of sp³-hybridized carbons (Fsp3) is 0.245. The minimum absolute atomic E-state index is 0.190. The third-order valence-corrected chi connectivity index (χ3v) is 28.4. The van der Waals surface area contributed by atoms with Gasteiger partial charge in [-0.3, -0.25) is 24.7 Å². The minimum atomic E-state index is -2.12. The maximum Gasteiger partial charge on any atom is 0.407 e. The zero-order chi connectivity index (χ0) is 90.3. The van der Waals surface area contributed by atoms with Crippen LogP contribution in [0.5, 0.6) is 46.0 Å². The Hall–Kier alpha value is -14.2. The number of nitrogens with one attached hydrogen (secondary N) is 3. The second-order valence-electron chi connectivity index (χ2n) is 33.0. The monoisotopic (exact) mass is 1870 g/mol. The number of pyridine rings is 4. The largest absolute Gasteiger partial charge is 0.495 e. The molecule has 12 aromatic rings. The smallest absolute Gasteiger partial charge is 0.407 e. The van der Waals surface area contributed by atoms with Crippen molar-refractivity contribution in [2.75, 3.05) is 28.4 Å². The fourth-order valence-electron chi connectivity index (χ4n) is 22.6. The number of fused-ring (bicyclic) bond motifs is 18. The summed E-state index contributed by atoms with van der Waals surface area (Å²) in [6, 6.07) is 68.9. The van der Waals surface area contributed by atoms with Gasteiger partial charge in [0, 0.05) is 14.9 Å². The summed E-state index contributed by atoms with van der Waals surface area (Å²) in [5.41, 5.74) is -4.98. The number of alkyl carbamates (subject to hydrolysis) is 3. The molecule has 20 atom stereocenters. The van der Waals surface area contributed by atoms with E-state index in [1.54, 1.807) is 103 Å². The van der Waals surface area contributed by atoms with Gasteiger partial charge in [-0.05, 0) is 93.0 Å². The van der Waals surface area contributed by atoms with Crippen molar-refractivity contribution in [3.8, 4) is 58.1 Å². The molecule has 32 heteroatoms. The van der Waals surface area contributed by atoms with E-state index < -0.39 is 141 Å². The lowest BCUT2D eigenvalue weighted by Gasteiger charge is -2.41. The number of aromatic nitrogens is 4. The van der Waals surface area contributed by atoms with Gasteiger partial charge in [-0.15, -0.1) is 0 Å². The molecule has 30 nitrogen and oxygen atoms in total. The van der Waals surface area contributed by atoms with E-state index >= 15 is 0 Å². The number of nitriles is 2. The Labute approximate surface area is 758 Å². The van der Waals surface area contributed by atoms with Crippen molar-refractivity contribution in [2.45, 2.75) is 111 Å². The maximum absolute atomic E-state index is 12.6. The van der Waals surface area contributed by atoms with Crippen LogP contribution in [0, 0.1) is 28.6 Å². The van der Waals surface area contributed by atoms with E-state index in [0.29, 0.717) is 84.6 Å². The topological polar surface area (TPSA) is 426 Å². The van der Waals surface area contributed by atoms with Crippen LogP contribution in [0.15, 0.2) is 277 Å². The average molecular weight is 1880 g/mol. The number of carboxylic acids is 1. The van der Waals surface area contributed by atoms with Gasteiger partial charge in [0.1, 0.15) is 52.1 Å². The lowest BCUT2D eigenvalue weighted by Crippen LogP contribution is -2.52. The number of amides is 3. The third kappa shape index (κ3) is 11.6. The molecule has 23 rings (SSSR count). The van der Waals surface area contributed by atoms with Crippen LogP contribution < -0.4 is 53.8 Å². The number of carbonyl (C=O) groups excluding carboxylic acids is 3. The van der Waals surface area contributed by atoms with Crippen LogP contribution in [0.25, 0.3) is 0 Å². The predicted molar refractivity (Wildman–Crippen MR) is 464 cm³/mol. The highest BCUT2D eigenvalue weighted by Gasteiger charge is 2.84. The molecule has 3 saturated heterocycles. The number of carboxylic acid groups (broad SMARTS) is 1. The molecule has 11 aliphatic rings. The number of carbonyl (C=O) groups is 4. The quantitative estimate of drug-likeness (QED) is 0.0484. The number of nitrogens with zero attached hydrogens (tertiary/aromatic N) is 6. The van der Waals surface area contributed by atoms with Crippen LogP contribution in [0.1, 0.15) is 102 Å². The van der Waals surface area contributed by atoms with Gasteiger partial charge in [0.05, 0.1) is 165 Å². The van der Waals surface area contributed by atoms with Crippen LogP contribution in [0.2, 0.25) is 0 Å². The van der Waals surface area contributed by atoms with Gasteiger partial charge in [0.2, 0.25) is 0 Å². The van der Waals surface area contributed by atoms with Gasteiger partial charge >= 0.3 is 24.2 Å². The molecule has 11 heterocycles. The van der Waals surface area contributed by atoms with Crippen molar-refractivity contribution in [1.29, 1.82) is 10.5 Å². The molecular formula is C98H77Br2N9O21. The molecule has 8 aromatic carbocycles. The van der Waals surface area contributed by atoms with Crippen LogP contribution in [0.3, 0.4) is 0 Å². The number of hydrogen-bond donors (Lipinski definition) is 9. The first-order chi connectivity index (χ1) is 62.9. The standard InChI is InChI=1S/2C25H19N3O5.C24H19BrN2O5.C24H20BrNO6/c2*1-31-17-12-27-13-18-20(17)24(30)22-21(28-23(29)32-22)19(15-5-3-2-4-6-15)25(24,33-18)16-9-7-14(11-26)8-10-16;1-30-16-11-26-12-17-19(16)23(29)21-20(27-22(28)31-21)18(13-5-3-2-4-6-13)24(23,32-17)14-7-9-15(25)10-8-14;1-31-16-11-26-12-17-20(16)23(30)21(27)18(22(28)29)19(13-5-3-2-4-6-13)24(23,32-17)14-7-9-15(25)10-8-14/h2*2-10,12-13,19,21-22,30H,1H3,(H,28,29);2-12,18,20-21,29H,1H3,(H,27,28);2-12,18-19,21,27,30H,1H3,(H,28,29)/t2*19-,21-,22-,24+,25+;18-,20-,21-,23+,24+;18-,19-,21-,23+,24+/m1111/s1. The Kier molecular flexibility index (Phi) is 20.2. The third-order valence-electron chi connectivity index (χ3n) is 27.3. The highest BCUT2D eigenvalue weighted by atomic mass is 79.9. The number of benzene rings is 8. The summed E-state index contributed by atoms with van der Waals surface area (Å²) in [6.45, 7) is 0. The fourth-order valence-corrected chi connectivity index (χ4v) is 23.1. The van der Waals surface area contributed by atoms with Crippen LogP contribution >= 0.6 is 31.9 Å². The van der Waals surface area contributed by atoms with Crippen molar-refractivity contribution in [3.63, 3.8) is 0 Å².